The second kappa shape index (κ2) is 6.33. The SMILES string of the molecule is Cc1nc2cc([C@@H]3CCCN3C(=O)CN3C(=O)CCC3=O)[nH]n2c(=O)c1C. The van der Waals surface area contributed by atoms with Gasteiger partial charge in [0.2, 0.25) is 17.7 Å². The summed E-state index contributed by atoms with van der Waals surface area (Å²) in [5, 5.41) is 3.07. The lowest BCUT2D eigenvalue weighted by Gasteiger charge is -2.25. The Hall–Kier alpha value is -2.97. The summed E-state index contributed by atoms with van der Waals surface area (Å²) < 4.78 is 1.40. The Labute approximate surface area is 154 Å². The first-order valence-electron chi connectivity index (χ1n) is 9.08. The summed E-state index contributed by atoms with van der Waals surface area (Å²) in [5.74, 6) is -0.847. The molecule has 2 aromatic rings. The van der Waals surface area contributed by atoms with E-state index in [0.29, 0.717) is 23.4 Å². The van der Waals surface area contributed by atoms with Crippen molar-refractivity contribution in [3.05, 3.63) is 33.4 Å². The maximum Gasteiger partial charge on any atom is 0.275 e. The van der Waals surface area contributed by atoms with Crippen molar-refractivity contribution in [2.24, 2.45) is 0 Å². The van der Waals surface area contributed by atoms with Crippen molar-refractivity contribution in [3.63, 3.8) is 0 Å². The van der Waals surface area contributed by atoms with Gasteiger partial charge >= 0.3 is 0 Å². The summed E-state index contributed by atoms with van der Waals surface area (Å²) in [6, 6.07) is 1.56. The lowest BCUT2D eigenvalue weighted by molar-refractivity contribution is -0.145. The van der Waals surface area contributed by atoms with E-state index in [0.717, 1.165) is 23.4 Å². The number of aromatic nitrogens is 3. The number of carbonyl (C=O) groups excluding carboxylic acids is 3. The Kier molecular flexibility index (Phi) is 4.09. The van der Waals surface area contributed by atoms with Crippen LogP contribution in [0.4, 0.5) is 0 Å². The van der Waals surface area contributed by atoms with Gasteiger partial charge in [-0.3, -0.25) is 29.2 Å². The molecule has 0 unspecified atom stereocenters. The number of nitrogens with one attached hydrogen (secondary N) is 1. The highest BCUT2D eigenvalue weighted by molar-refractivity contribution is 6.04. The van der Waals surface area contributed by atoms with Crippen molar-refractivity contribution >= 4 is 23.4 Å². The molecule has 2 saturated heterocycles. The van der Waals surface area contributed by atoms with Crippen molar-refractivity contribution in [1.82, 2.24) is 24.4 Å². The molecule has 9 nitrogen and oxygen atoms in total. The van der Waals surface area contributed by atoms with Gasteiger partial charge in [-0.1, -0.05) is 0 Å². The van der Waals surface area contributed by atoms with Crippen LogP contribution in [-0.2, 0) is 14.4 Å². The van der Waals surface area contributed by atoms with Crippen LogP contribution in [-0.4, -0.2) is 55.2 Å². The van der Waals surface area contributed by atoms with E-state index < -0.39 is 0 Å². The normalized spacial score (nSPS) is 20.3. The van der Waals surface area contributed by atoms with Crippen molar-refractivity contribution in [3.8, 4) is 0 Å². The number of aryl methyl sites for hydroxylation is 1. The zero-order valence-electron chi connectivity index (χ0n) is 15.3. The topological polar surface area (TPSA) is 108 Å². The maximum atomic E-state index is 12.7. The number of H-pyrrole nitrogens is 1. The van der Waals surface area contributed by atoms with Gasteiger partial charge in [0.1, 0.15) is 6.54 Å². The minimum atomic E-state index is -0.295. The lowest BCUT2D eigenvalue weighted by Crippen LogP contribution is -2.42. The number of nitrogens with zero attached hydrogens (tertiary/aromatic N) is 4. The monoisotopic (exact) mass is 371 g/mol. The first-order chi connectivity index (χ1) is 12.9. The molecule has 3 amide bonds. The average molecular weight is 371 g/mol. The third kappa shape index (κ3) is 2.83. The molecule has 0 saturated carbocycles. The second-order valence-corrected chi connectivity index (χ2v) is 7.15. The number of amides is 3. The largest absolute Gasteiger partial charge is 0.333 e. The molecule has 2 fully saturated rings. The Morgan fingerprint density at radius 2 is 1.93 bits per heavy atom. The van der Waals surface area contributed by atoms with Crippen LogP contribution in [0.25, 0.3) is 5.65 Å². The van der Waals surface area contributed by atoms with Crippen LogP contribution in [0.15, 0.2) is 10.9 Å². The van der Waals surface area contributed by atoms with Gasteiger partial charge in [0.05, 0.1) is 11.7 Å². The van der Waals surface area contributed by atoms with Gasteiger partial charge in [0.15, 0.2) is 5.65 Å². The molecule has 0 spiro atoms. The molecular formula is C18H21N5O4. The third-order valence-electron chi connectivity index (χ3n) is 5.48. The first-order valence-corrected chi connectivity index (χ1v) is 9.08. The Morgan fingerprint density at radius 3 is 2.63 bits per heavy atom. The standard InChI is InChI=1S/C18H21N5O4/c1-10-11(2)19-14-8-12(20-23(14)18(10)27)13-4-3-7-21(13)17(26)9-22-15(24)5-6-16(22)25/h8,13,20H,3-7,9H2,1-2H3/t13-/m0/s1. The smallest absolute Gasteiger partial charge is 0.275 e. The molecule has 9 heteroatoms. The highest BCUT2D eigenvalue weighted by atomic mass is 16.2. The number of hydrogen-bond donors (Lipinski definition) is 1. The molecule has 4 heterocycles. The summed E-state index contributed by atoms with van der Waals surface area (Å²) >= 11 is 0. The maximum absolute atomic E-state index is 12.7. The summed E-state index contributed by atoms with van der Waals surface area (Å²) in [7, 11) is 0. The third-order valence-corrected chi connectivity index (χ3v) is 5.48. The van der Waals surface area contributed by atoms with E-state index in [2.05, 4.69) is 10.1 Å². The fourth-order valence-corrected chi connectivity index (χ4v) is 3.82. The van der Waals surface area contributed by atoms with Crippen LogP contribution < -0.4 is 5.56 Å². The average Bonchev–Trinajstić information content (AvgIpc) is 3.34. The number of aromatic amines is 1. The van der Waals surface area contributed by atoms with Crippen molar-refractivity contribution in [1.29, 1.82) is 0 Å². The number of imide groups is 1. The van der Waals surface area contributed by atoms with Crippen LogP contribution in [0.5, 0.6) is 0 Å². The minimum Gasteiger partial charge on any atom is -0.333 e. The molecule has 2 aliphatic heterocycles. The van der Waals surface area contributed by atoms with Gasteiger partial charge in [-0.05, 0) is 26.7 Å². The summed E-state index contributed by atoms with van der Waals surface area (Å²) in [6.45, 7) is 3.85. The van der Waals surface area contributed by atoms with Crippen LogP contribution in [0.3, 0.4) is 0 Å². The van der Waals surface area contributed by atoms with Gasteiger partial charge in [0, 0.05) is 36.7 Å². The van der Waals surface area contributed by atoms with E-state index in [1.165, 1.54) is 4.52 Å². The Bertz CT molecular complexity index is 1000. The molecule has 2 aromatic heterocycles. The molecule has 27 heavy (non-hydrogen) atoms. The fourth-order valence-electron chi connectivity index (χ4n) is 3.82. The van der Waals surface area contributed by atoms with Crippen molar-refractivity contribution < 1.29 is 14.4 Å². The number of rotatable bonds is 3. The predicted molar refractivity (Wildman–Crippen MR) is 94.9 cm³/mol. The molecule has 1 N–H and O–H groups in total. The summed E-state index contributed by atoms with van der Waals surface area (Å²) in [5.41, 5.74) is 2.34. The van der Waals surface area contributed by atoms with Gasteiger partial charge in [-0.15, -0.1) is 0 Å². The molecule has 2 aliphatic rings. The number of hydrogen-bond acceptors (Lipinski definition) is 5. The van der Waals surface area contributed by atoms with Crippen LogP contribution >= 0.6 is 0 Å². The molecule has 0 radical (unpaired) electrons. The molecule has 142 valence electrons. The van der Waals surface area contributed by atoms with E-state index >= 15 is 0 Å². The van der Waals surface area contributed by atoms with Crippen molar-refractivity contribution in [2.75, 3.05) is 13.1 Å². The predicted octanol–water partition coefficient (Wildman–Crippen LogP) is 0.452. The zero-order chi connectivity index (χ0) is 19.3. The number of fused-ring (bicyclic) bond motifs is 1. The Balaban J connectivity index is 1.61. The van der Waals surface area contributed by atoms with Crippen LogP contribution in [0.2, 0.25) is 0 Å². The highest BCUT2D eigenvalue weighted by Crippen LogP contribution is 2.31. The first kappa shape index (κ1) is 17.4. The summed E-state index contributed by atoms with van der Waals surface area (Å²) in [6.07, 6.45) is 1.90. The van der Waals surface area contributed by atoms with E-state index in [-0.39, 0.29) is 48.7 Å². The number of carbonyl (C=O) groups is 3. The van der Waals surface area contributed by atoms with Gasteiger partial charge in [-0.25, -0.2) is 9.50 Å². The molecule has 4 rings (SSSR count). The van der Waals surface area contributed by atoms with E-state index in [4.69, 9.17) is 0 Å². The Morgan fingerprint density at radius 1 is 1.22 bits per heavy atom. The van der Waals surface area contributed by atoms with Crippen LogP contribution in [0, 0.1) is 13.8 Å². The highest BCUT2D eigenvalue weighted by Gasteiger charge is 2.36. The van der Waals surface area contributed by atoms with E-state index in [1.54, 1.807) is 24.8 Å². The van der Waals surface area contributed by atoms with Gasteiger partial charge in [-0.2, -0.15) is 0 Å². The van der Waals surface area contributed by atoms with Crippen molar-refractivity contribution in [2.45, 2.75) is 45.6 Å². The molecule has 0 bridgehead atoms. The van der Waals surface area contributed by atoms with E-state index in [1.807, 2.05) is 0 Å². The van der Waals surface area contributed by atoms with Crippen LogP contribution in [0.1, 0.15) is 48.7 Å². The zero-order valence-corrected chi connectivity index (χ0v) is 15.3. The van der Waals surface area contributed by atoms with Gasteiger partial charge in [0.25, 0.3) is 5.56 Å². The molecular weight excluding hydrogens is 350 g/mol. The quantitative estimate of drug-likeness (QED) is 0.788. The lowest BCUT2D eigenvalue weighted by atomic mass is 10.1. The summed E-state index contributed by atoms with van der Waals surface area (Å²) in [4.78, 5) is 55.9. The number of likely N-dealkylation sites (tertiary alicyclic amines) is 2. The van der Waals surface area contributed by atoms with Gasteiger partial charge < -0.3 is 4.90 Å². The fraction of sp³-hybridized carbons (Fsp3) is 0.500. The molecule has 0 aliphatic carbocycles. The van der Waals surface area contributed by atoms with E-state index in [9.17, 15) is 19.2 Å². The molecule has 1 atom stereocenters. The minimum absolute atomic E-state index is 0.159. The second-order valence-electron chi connectivity index (χ2n) is 7.15. The molecule has 0 aromatic carbocycles.